The maximum Gasteiger partial charge on any atom is 0.326 e. The lowest BCUT2D eigenvalue weighted by Gasteiger charge is -2.23. The lowest BCUT2D eigenvalue weighted by atomic mass is 10.1. The summed E-state index contributed by atoms with van der Waals surface area (Å²) in [5, 5.41) is 11.8. The van der Waals surface area contributed by atoms with Crippen LogP contribution in [0.3, 0.4) is 0 Å². The van der Waals surface area contributed by atoms with Crippen molar-refractivity contribution >= 4 is 12.0 Å². The number of aliphatic carboxylic acids is 1. The number of rotatable bonds is 7. The van der Waals surface area contributed by atoms with E-state index in [0.717, 1.165) is 12.0 Å². The van der Waals surface area contributed by atoms with Crippen LogP contribution in [0.5, 0.6) is 0 Å². The van der Waals surface area contributed by atoms with Crippen LogP contribution in [-0.2, 0) is 11.2 Å². The Kier molecular flexibility index (Phi) is 6.82. The van der Waals surface area contributed by atoms with Gasteiger partial charge < -0.3 is 15.3 Å². The molecule has 0 aromatic heterocycles. The topological polar surface area (TPSA) is 69.6 Å². The second-order valence-corrected chi connectivity index (χ2v) is 4.66. The quantitative estimate of drug-likeness (QED) is 0.751. The van der Waals surface area contributed by atoms with Crippen LogP contribution in [0.25, 0.3) is 0 Å². The van der Waals surface area contributed by atoms with Crippen molar-refractivity contribution < 1.29 is 14.7 Å². The number of nitrogens with one attached hydrogen (secondary N) is 1. The van der Waals surface area contributed by atoms with Crippen molar-refractivity contribution in [3.8, 4) is 12.3 Å². The summed E-state index contributed by atoms with van der Waals surface area (Å²) in [6.45, 7) is 2.58. The van der Waals surface area contributed by atoms with Gasteiger partial charge in [0, 0.05) is 13.0 Å². The molecule has 0 unspecified atom stereocenters. The first-order valence-electron chi connectivity index (χ1n) is 6.84. The van der Waals surface area contributed by atoms with Gasteiger partial charge in [0.2, 0.25) is 0 Å². The van der Waals surface area contributed by atoms with Crippen LogP contribution in [0.2, 0.25) is 0 Å². The average molecular weight is 288 g/mol. The van der Waals surface area contributed by atoms with Gasteiger partial charge in [-0.1, -0.05) is 43.2 Å². The van der Waals surface area contributed by atoms with Gasteiger partial charge in [-0.2, -0.15) is 0 Å². The van der Waals surface area contributed by atoms with E-state index >= 15 is 0 Å². The number of carbonyl (C=O) groups excluding carboxylic acids is 1. The molecule has 1 atom stereocenters. The van der Waals surface area contributed by atoms with Crippen LogP contribution >= 0.6 is 0 Å². The van der Waals surface area contributed by atoms with Gasteiger partial charge in [0.05, 0.1) is 6.54 Å². The second kappa shape index (κ2) is 8.64. The van der Waals surface area contributed by atoms with Crippen LogP contribution in [0.4, 0.5) is 4.79 Å². The maximum atomic E-state index is 12.1. The highest BCUT2D eigenvalue weighted by molar-refractivity contribution is 5.83. The van der Waals surface area contributed by atoms with Crippen LogP contribution < -0.4 is 5.32 Å². The second-order valence-electron chi connectivity index (χ2n) is 4.66. The molecule has 0 fully saturated rings. The van der Waals surface area contributed by atoms with E-state index in [4.69, 9.17) is 6.42 Å². The molecule has 0 aliphatic rings. The van der Waals surface area contributed by atoms with Crippen LogP contribution in [0.1, 0.15) is 18.9 Å². The third-order valence-corrected chi connectivity index (χ3v) is 2.94. The summed E-state index contributed by atoms with van der Waals surface area (Å²) in [5.41, 5.74) is 0.851. The highest BCUT2D eigenvalue weighted by Gasteiger charge is 2.22. The number of hydrogen-bond donors (Lipinski definition) is 2. The molecule has 0 saturated carbocycles. The zero-order chi connectivity index (χ0) is 15.7. The third kappa shape index (κ3) is 5.57. The number of nitrogens with zero attached hydrogens (tertiary/aromatic N) is 1. The Hall–Kier alpha value is -2.48. The Balaban J connectivity index is 2.71. The summed E-state index contributed by atoms with van der Waals surface area (Å²) in [7, 11) is 0. The molecule has 0 saturated heterocycles. The molecule has 1 aromatic rings. The van der Waals surface area contributed by atoms with Crippen molar-refractivity contribution in [1.82, 2.24) is 10.2 Å². The number of carboxylic acids is 1. The highest BCUT2D eigenvalue weighted by atomic mass is 16.4. The molecule has 5 nitrogen and oxygen atoms in total. The lowest BCUT2D eigenvalue weighted by Crippen LogP contribution is -2.49. The predicted molar refractivity (Wildman–Crippen MR) is 80.8 cm³/mol. The van der Waals surface area contributed by atoms with E-state index in [9.17, 15) is 14.7 Å². The van der Waals surface area contributed by atoms with E-state index in [2.05, 4.69) is 11.2 Å². The van der Waals surface area contributed by atoms with Crippen LogP contribution in [0.15, 0.2) is 30.3 Å². The van der Waals surface area contributed by atoms with Gasteiger partial charge >= 0.3 is 12.0 Å². The zero-order valence-electron chi connectivity index (χ0n) is 12.1. The minimum atomic E-state index is -1.07. The molecule has 2 amide bonds. The van der Waals surface area contributed by atoms with E-state index in [1.54, 1.807) is 0 Å². The molecule has 0 bridgehead atoms. The van der Waals surface area contributed by atoms with Gasteiger partial charge in [-0.05, 0) is 12.0 Å². The first kappa shape index (κ1) is 16.6. The van der Waals surface area contributed by atoms with Crippen molar-refractivity contribution in [2.24, 2.45) is 0 Å². The largest absolute Gasteiger partial charge is 0.480 e. The van der Waals surface area contributed by atoms with Gasteiger partial charge in [0.1, 0.15) is 6.04 Å². The van der Waals surface area contributed by atoms with E-state index in [0.29, 0.717) is 6.54 Å². The number of hydrogen-bond acceptors (Lipinski definition) is 2. The number of terminal acetylenes is 1. The number of carboxylic acid groups (broad SMARTS) is 1. The first-order valence-corrected chi connectivity index (χ1v) is 6.84. The number of amides is 2. The van der Waals surface area contributed by atoms with Gasteiger partial charge in [0.25, 0.3) is 0 Å². The van der Waals surface area contributed by atoms with E-state index in [-0.39, 0.29) is 13.0 Å². The minimum absolute atomic E-state index is 0.164. The maximum absolute atomic E-state index is 12.1. The molecule has 112 valence electrons. The summed E-state index contributed by atoms with van der Waals surface area (Å²) in [4.78, 5) is 24.8. The number of carbonyl (C=O) groups is 2. The fourth-order valence-electron chi connectivity index (χ4n) is 1.92. The molecular formula is C16H20N2O3. The van der Waals surface area contributed by atoms with Crippen molar-refractivity contribution in [3.05, 3.63) is 35.9 Å². The minimum Gasteiger partial charge on any atom is -0.480 e. The molecule has 5 heteroatoms. The summed E-state index contributed by atoms with van der Waals surface area (Å²) in [6, 6.07) is 7.75. The van der Waals surface area contributed by atoms with Crippen molar-refractivity contribution in [1.29, 1.82) is 0 Å². The van der Waals surface area contributed by atoms with Crippen molar-refractivity contribution in [2.45, 2.75) is 25.8 Å². The van der Waals surface area contributed by atoms with Gasteiger partial charge in [-0.3, -0.25) is 0 Å². The Morgan fingerprint density at radius 1 is 1.38 bits per heavy atom. The molecule has 1 aromatic carbocycles. The Morgan fingerprint density at radius 2 is 2.05 bits per heavy atom. The number of benzene rings is 1. The van der Waals surface area contributed by atoms with Crippen molar-refractivity contribution in [2.75, 3.05) is 13.1 Å². The number of urea groups is 1. The summed E-state index contributed by atoms with van der Waals surface area (Å²) >= 11 is 0. The standard InChI is InChI=1S/C16H20N2O3/c1-3-10-18(11-4-2)16(21)17-14(15(19)20)12-13-8-6-5-7-9-13/h1,5-9,14H,4,10-12H2,2H3,(H,17,21)(H,19,20)/t14-/m1/s1. The third-order valence-electron chi connectivity index (χ3n) is 2.94. The van der Waals surface area contributed by atoms with E-state index in [1.165, 1.54) is 4.90 Å². The molecular weight excluding hydrogens is 268 g/mol. The monoisotopic (exact) mass is 288 g/mol. The molecule has 21 heavy (non-hydrogen) atoms. The predicted octanol–water partition coefficient (Wildman–Crippen LogP) is 1.74. The lowest BCUT2D eigenvalue weighted by molar-refractivity contribution is -0.139. The van der Waals surface area contributed by atoms with Crippen LogP contribution in [0, 0.1) is 12.3 Å². The SMILES string of the molecule is C#CCN(CCC)C(=O)N[C@H](Cc1ccccc1)C(=O)O. The normalized spacial score (nSPS) is 11.2. The summed E-state index contributed by atoms with van der Waals surface area (Å²) in [6.07, 6.45) is 6.21. The molecule has 0 spiro atoms. The van der Waals surface area contributed by atoms with Gasteiger partial charge in [0.15, 0.2) is 0 Å². The Labute approximate surface area is 125 Å². The first-order chi connectivity index (χ1) is 10.1. The smallest absolute Gasteiger partial charge is 0.326 e. The summed E-state index contributed by atoms with van der Waals surface area (Å²) in [5.74, 6) is 1.34. The summed E-state index contributed by atoms with van der Waals surface area (Å²) < 4.78 is 0. The molecule has 0 radical (unpaired) electrons. The fraction of sp³-hybridized carbons (Fsp3) is 0.375. The Bertz CT molecular complexity index is 508. The molecule has 0 aliphatic heterocycles. The van der Waals surface area contributed by atoms with Crippen LogP contribution in [-0.4, -0.2) is 41.1 Å². The molecule has 0 aliphatic carbocycles. The van der Waals surface area contributed by atoms with Gasteiger partial charge in [-0.25, -0.2) is 9.59 Å². The molecule has 0 heterocycles. The van der Waals surface area contributed by atoms with E-state index < -0.39 is 18.0 Å². The fourth-order valence-corrected chi connectivity index (χ4v) is 1.92. The molecule has 2 N–H and O–H groups in total. The van der Waals surface area contributed by atoms with Crippen molar-refractivity contribution in [3.63, 3.8) is 0 Å². The van der Waals surface area contributed by atoms with Gasteiger partial charge in [-0.15, -0.1) is 6.42 Å². The Morgan fingerprint density at radius 3 is 2.57 bits per heavy atom. The molecule has 1 rings (SSSR count). The zero-order valence-corrected chi connectivity index (χ0v) is 12.1. The highest BCUT2D eigenvalue weighted by Crippen LogP contribution is 2.04. The van der Waals surface area contributed by atoms with E-state index in [1.807, 2.05) is 37.3 Å². The average Bonchev–Trinajstić information content (AvgIpc) is 2.47.